The fourth-order valence-corrected chi connectivity index (χ4v) is 2.52. The van der Waals surface area contributed by atoms with E-state index in [1.165, 1.54) is 24.0 Å². The Kier molecular flexibility index (Phi) is 3.60. The van der Waals surface area contributed by atoms with E-state index in [1.54, 1.807) is 0 Å². The third kappa shape index (κ3) is 2.84. The van der Waals surface area contributed by atoms with Gasteiger partial charge in [-0.15, -0.1) is 0 Å². The Balaban J connectivity index is 1.73. The molecule has 0 bridgehead atoms. The summed E-state index contributed by atoms with van der Waals surface area (Å²) in [5, 5.41) is 7.53. The van der Waals surface area contributed by atoms with Crippen LogP contribution in [0, 0.1) is 6.92 Å². The minimum absolute atomic E-state index is 0.242. The first-order valence-corrected chi connectivity index (χ1v) is 6.93. The molecule has 0 saturated carbocycles. The predicted octanol–water partition coefficient (Wildman–Crippen LogP) is 2.78. The Bertz CT molecular complexity index is 544. The Hall–Kier alpha value is -1.68. The molecule has 0 spiro atoms. The zero-order chi connectivity index (χ0) is 13.1. The van der Waals surface area contributed by atoms with Crippen molar-refractivity contribution in [2.24, 2.45) is 0 Å². The van der Waals surface area contributed by atoms with Gasteiger partial charge in [-0.3, -0.25) is 0 Å². The Morgan fingerprint density at radius 2 is 2.21 bits per heavy atom. The molecule has 0 amide bonds. The van der Waals surface area contributed by atoms with E-state index in [0.717, 1.165) is 31.1 Å². The molecule has 1 atom stereocenters. The third-order valence-electron chi connectivity index (χ3n) is 3.70. The van der Waals surface area contributed by atoms with Crippen molar-refractivity contribution in [2.75, 3.05) is 6.54 Å². The summed E-state index contributed by atoms with van der Waals surface area (Å²) in [6.07, 6.45) is 4.29. The number of piperidine rings is 1. The normalized spacial score (nSPS) is 19.5. The van der Waals surface area contributed by atoms with Crippen molar-refractivity contribution >= 4 is 0 Å². The van der Waals surface area contributed by atoms with Crippen LogP contribution in [0.4, 0.5) is 0 Å². The summed E-state index contributed by atoms with van der Waals surface area (Å²) in [6, 6.07) is 8.56. The zero-order valence-electron chi connectivity index (χ0n) is 11.2. The maximum absolute atomic E-state index is 5.39. The van der Waals surface area contributed by atoms with Crippen LogP contribution in [0.1, 0.15) is 48.1 Å². The molecule has 1 aliphatic heterocycles. The Morgan fingerprint density at radius 1 is 1.32 bits per heavy atom. The maximum atomic E-state index is 5.39. The first kappa shape index (κ1) is 12.4. The number of benzene rings is 1. The van der Waals surface area contributed by atoms with E-state index >= 15 is 0 Å². The van der Waals surface area contributed by atoms with Gasteiger partial charge in [0.25, 0.3) is 0 Å². The van der Waals surface area contributed by atoms with Crippen LogP contribution >= 0.6 is 0 Å². The fourth-order valence-electron chi connectivity index (χ4n) is 2.52. The molecule has 3 rings (SSSR count). The maximum Gasteiger partial charge on any atom is 0.243 e. The summed E-state index contributed by atoms with van der Waals surface area (Å²) in [4.78, 5) is 4.53. The third-order valence-corrected chi connectivity index (χ3v) is 3.70. The van der Waals surface area contributed by atoms with Crippen molar-refractivity contribution in [2.45, 2.75) is 38.6 Å². The van der Waals surface area contributed by atoms with Crippen molar-refractivity contribution in [3.63, 3.8) is 0 Å². The van der Waals surface area contributed by atoms with E-state index in [0.29, 0.717) is 0 Å². The van der Waals surface area contributed by atoms with Gasteiger partial charge >= 0.3 is 0 Å². The summed E-state index contributed by atoms with van der Waals surface area (Å²) < 4.78 is 5.39. The minimum Gasteiger partial charge on any atom is -0.338 e. The molecule has 4 heteroatoms. The first-order valence-electron chi connectivity index (χ1n) is 6.93. The predicted molar refractivity (Wildman–Crippen MR) is 72.9 cm³/mol. The summed E-state index contributed by atoms with van der Waals surface area (Å²) in [6.45, 7) is 3.15. The van der Waals surface area contributed by atoms with E-state index in [-0.39, 0.29) is 6.04 Å². The highest BCUT2D eigenvalue weighted by molar-refractivity contribution is 5.28. The second-order valence-electron chi connectivity index (χ2n) is 5.15. The smallest absolute Gasteiger partial charge is 0.243 e. The SMILES string of the molecule is Cc1ccccc1Cc1noc(C2CCCCN2)n1. The molecule has 0 radical (unpaired) electrons. The van der Waals surface area contributed by atoms with Gasteiger partial charge in [0, 0.05) is 6.42 Å². The van der Waals surface area contributed by atoms with Crippen LogP contribution in [0.5, 0.6) is 0 Å². The molecule has 1 fully saturated rings. The lowest BCUT2D eigenvalue weighted by Gasteiger charge is -2.19. The molecule has 1 saturated heterocycles. The molecule has 1 aromatic carbocycles. The van der Waals surface area contributed by atoms with Crippen LogP contribution < -0.4 is 5.32 Å². The largest absolute Gasteiger partial charge is 0.338 e. The van der Waals surface area contributed by atoms with E-state index in [2.05, 4.69) is 34.5 Å². The molecule has 4 nitrogen and oxygen atoms in total. The van der Waals surface area contributed by atoms with Gasteiger partial charge in [-0.1, -0.05) is 35.8 Å². The van der Waals surface area contributed by atoms with E-state index in [1.807, 2.05) is 12.1 Å². The molecule has 2 heterocycles. The number of hydrogen-bond donors (Lipinski definition) is 1. The van der Waals surface area contributed by atoms with Crippen LogP contribution in [0.15, 0.2) is 28.8 Å². The molecule has 1 aromatic heterocycles. The highest BCUT2D eigenvalue weighted by Gasteiger charge is 2.20. The number of nitrogens with one attached hydrogen (secondary N) is 1. The fraction of sp³-hybridized carbons (Fsp3) is 0.467. The highest BCUT2D eigenvalue weighted by atomic mass is 16.5. The Morgan fingerprint density at radius 3 is 3.00 bits per heavy atom. The van der Waals surface area contributed by atoms with Crippen LogP contribution in [0.3, 0.4) is 0 Å². The number of hydrogen-bond acceptors (Lipinski definition) is 4. The lowest BCUT2D eigenvalue weighted by Crippen LogP contribution is -2.27. The van der Waals surface area contributed by atoms with Crippen molar-refractivity contribution in [1.29, 1.82) is 0 Å². The molecule has 1 N–H and O–H groups in total. The average Bonchev–Trinajstić information content (AvgIpc) is 2.91. The molecular weight excluding hydrogens is 238 g/mol. The monoisotopic (exact) mass is 257 g/mol. The molecule has 0 aliphatic carbocycles. The zero-order valence-corrected chi connectivity index (χ0v) is 11.2. The van der Waals surface area contributed by atoms with Gasteiger partial charge in [0.1, 0.15) is 0 Å². The molecule has 1 aliphatic rings. The quantitative estimate of drug-likeness (QED) is 0.918. The van der Waals surface area contributed by atoms with Gasteiger partial charge in [0.05, 0.1) is 6.04 Å². The molecular formula is C15H19N3O. The van der Waals surface area contributed by atoms with E-state index in [4.69, 9.17) is 4.52 Å². The summed E-state index contributed by atoms with van der Waals surface area (Å²) in [5.74, 6) is 1.51. The average molecular weight is 257 g/mol. The number of rotatable bonds is 3. The van der Waals surface area contributed by atoms with Crippen molar-refractivity contribution in [3.8, 4) is 0 Å². The van der Waals surface area contributed by atoms with Gasteiger partial charge in [-0.25, -0.2) is 0 Å². The lowest BCUT2D eigenvalue weighted by atomic mass is 10.0. The van der Waals surface area contributed by atoms with Gasteiger partial charge in [0.2, 0.25) is 5.89 Å². The van der Waals surface area contributed by atoms with Crippen molar-refractivity contribution < 1.29 is 4.52 Å². The van der Waals surface area contributed by atoms with Crippen molar-refractivity contribution in [3.05, 3.63) is 47.1 Å². The van der Waals surface area contributed by atoms with E-state index in [9.17, 15) is 0 Å². The van der Waals surface area contributed by atoms with Gasteiger partial charge < -0.3 is 9.84 Å². The number of aryl methyl sites for hydroxylation is 1. The standard InChI is InChI=1S/C15H19N3O/c1-11-6-2-3-7-12(11)10-14-17-15(19-18-14)13-8-4-5-9-16-13/h2-3,6-7,13,16H,4-5,8-10H2,1H3. The first-order chi connectivity index (χ1) is 9.33. The van der Waals surface area contributed by atoms with Crippen LogP contribution in [0.2, 0.25) is 0 Å². The van der Waals surface area contributed by atoms with E-state index < -0.39 is 0 Å². The number of nitrogens with zero attached hydrogens (tertiary/aromatic N) is 2. The second kappa shape index (κ2) is 5.53. The van der Waals surface area contributed by atoms with Crippen molar-refractivity contribution in [1.82, 2.24) is 15.5 Å². The molecule has 19 heavy (non-hydrogen) atoms. The second-order valence-corrected chi connectivity index (χ2v) is 5.15. The molecule has 100 valence electrons. The lowest BCUT2D eigenvalue weighted by molar-refractivity contribution is 0.296. The van der Waals surface area contributed by atoms with Gasteiger partial charge in [0.15, 0.2) is 5.82 Å². The van der Waals surface area contributed by atoms with Crippen LogP contribution in [0.25, 0.3) is 0 Å². The summed E-state index contributed by atoms with van der Waals surface area (Å²) in [5.41, 5.74) is 2.52. The highest BCUT2D eigenvalue weighted by Crippen LogP contribution is 2.22. The number of aromatic nitrogens is 2. The minimum atomic E-state index is 0.242. The van der Waals surface area contributed by atoms with Crippen LogP contribution in [-0.4, -0.2) is 16.7 Å². The summed E-state index contributed by atoms with van der Waals surface area (Å²) in [7, 11) is 0. The van der Waals surface area contributed by atoms with Gasteiger partial charge in [-0.05, 0) is 37.4 Å². The topological polar surface area (TPSA) is 51.0 Å². The van der Waals surface area contributed by atoms with Gasteiger partial charge in [-0.2, -0.15) is 4.98 Å². The Labute approximate surface area is 113 Å². The molecule has 2 aromatic rings. The van der Waals surface area contributed by atoms with Crippen LogP contribution in [-0.2, 0) is 6.42 Å². The summed E-state index contributed by atoms with van der Waals surface area (Å²) >= 11 is 0. The molecule has 1 unspecified atom stereocenters.